The first kappa shape index (κ1) is 9.55. The SMILES string of the molecule is NCc1cccc(N2CC3CC2CS3)c1. The molecule has 80 valence electrons. The van der Waals surface area contributed by atoms with E-state index in [4.69, 9.17) is 5.73 Å². The Labute approximate surface area is 94.8 Å². The minimum atomic E-state index is 0.643. The lowest BCUT2D eigenvalue weighted by Gasteiger charge is -2.29. The van der Waals surface area contributed by atoms with Gasteiger partial charge in [-0.25, -0.2) is 0 Å². The van der Waals surface area contributed by atoms with E-state index in [1.165, 1.54) is 30.0 Å². The fourth-order valence-corrected chi connectivity index (χ4v) is 4.01. The van der Waals surface area contributed by atoms with Gasteiger partial charge in [0.15, 0.2) is 0 Å². The number of fused-ring (bicyclic) bond motifs is 2. The predicted octanol–water partition coefficient (Wildman–Crippen LogP) is 1.84. The molecule has 3 rings (SSSR count). The van der Waals surface area contributed by atoms with E-state index in [1.54, 1.807) is 0 Å². The lowest BCUT2D eigenvalue weighted by atomic mass is 10.1. The summed E-state index contributed by atoms with van der Waals surface area (Å²) in [6.45, 7) is 1.87. The summed E-state index contributed by atoms with van der Waals surface area (Å²) >= 11 is 2.13. The van der Waals surface area contributed by atoms with Crippen LogP contribution in [-0.4, -0.2) is 23.6 Å². The molecule has 2 fully saturated rings. The van der Waals surface area contributed by atoms with Gasteiger partial charge in [-0.1, -0.05) is 12.1 Å². The third kappa shape index (κ3) is 1.64. The maximum atomic E-state index is 5.67. The molecule has 2 aliphatic rings. The van der Waals surface area contributed by atoms with Crippen LogP contribution in [0.3, 0.4) is 0 Å². The fourth-order valence-electron chi connectivity index (χ4n) is 2.58. The van der Waals surface area contributed by atoms with Crippen molar-refractivity contribution in [3.05, 3.63) is 29.8 Å². The second-order valence-corrected chi connectivity index (χ2v) is 5.70. The van der Waals surface area contributed by atoms with Crippen LogP contribution in [0.5, 0.6) is 0 Å². The van der Waals surface area contributed by atoms with Crippen molar-refractivity contribution < 1.29 is 0 Å². The fraction of sp³-hybridized carbons (Fsp3) is 0.500. The molecule has 3 heteroatoms. The number of nitrogens with zero attached hydrogens (tertiary/aromatic N) is 1. The minimum absolute atomic E-state index is 0.643. The minimum Gasteiger partial charge on any atom is -0.367 e. The first-order valence-electron chi connectivity index (χ1n) is 5.54. The van der Waals surface area contributed by atoms with Gasteiger partial charge in [-0.2, -0.15) is 11.8 Å². The molecule has 2 saturated heterocycles. The Morgan fingerprint density at radius 2 is 2.40 bits per heavy atom. The highest BCUT2D eigenvalue weighted by Gasteiger charge is 2.38. The van der Waals surface area contributed by atoms with Gasteiger partial charge >= 0.3 is 0 Å². The van der Waals surface area contributed by atoms with Crippen molar-refractivity contribution in [2.75, 3.05) is 17.2 Å². The van der Waals surface area contributed by atoms with Gasteiger partial charge in [-0.3, -0.25) is 0 Å². The van der Waals surface area contributed by atoms with Crippen LogP contribution in [0, 0.1) is 0 Å². The molecule has 15 heavy (non-hydrogen) atoms. The van der Waals surface area contributed by atoms with Crippen LogP contribution < -0.4 is 10.6 Å². The molecule has 2 unspecified atom stereocenters. The van der Waals surface area contributed by atoms with Crippen molar-refractivity contribution >= 4 is 17.4 Å². The number of hydrogen-bond donors (Lipinski definition) is 1. The van der Waals surface area contributed by atoms with E-state index < -0.39 is 0 Å². The zero-order valence-electron chi connectivity index (χ0n) is 8.73. The zero-order chi connectivity index (χ0) is 10.3. The van der Waals surface area contributed by atoms with Crippen LogP contribution in [0.4, 0.5) is 5.69 Å². The van der Waals surface area contributed by atoms with E-state index in [0.717, 1.165) is 11.3 Å². The van der Waals surface area contributed by atoms with Crippen LogP contribution in [0.1, 0.15) is 12.0 Å². The Morgan fingerprint density at radius 3 is 3.07 bits per heavy atom. The van der Waals surface area contributed by atoms with E-state index in [2.05, 4.69) is 40.9 Å². The van der Waals surface area contributed by atoms with Crippen LogP contribution in [0.2, 0.25) is 0 Å². The first-order valence-corrected chi connectivity index (χ1v) is 6.59. The standard InChI is InChI=1S/C12H16N2S/c13-6-9-2-1-3-10(4-9)14-7-12-5-11(14)8-15-12/h1-4,11-12H,5-8,13H2. The highest BCUT2D eigenvalue weighted by Crippen LogP contribution is 2.40. The smallest absolute Gasteiger partial charge is 0.0392 e. The van der Waals surface area contributed by atoms with Gasteiger partial charge in [0.1, 0.15) is 0 Å². The third-order valence-corrected chi connectivity index (χ3v) is 4.77. The average Bonchev–Trinajstić information content (AvgIpc) is 2.91. The number of nitrogens with two attached hydrogens (primary N) is 1. The topological polar surface area (TPSA) is 29.3 Å². The molecule has 2 nitrogen and oxygen atoms in total. The van der Waals surface area contributed by atoms with Gasteiger partial charge in [0.25, 0.3) is 0 Å². The lowest BCUT2D eigenvalue weighted by Crippen LogP contribution is -2.33. The molecule has 0 spiro atoms. The summed E-state index contributed by atoms with van der Waals surface area (Å²) in [6, 6.07) is 9.45. The summed E-state index contributed by atoms with van der Waals surface area (Å²) < 4.78 is 0. The second-order valence-electron chi connectivity index (χ2n) is 4.37. The molecule has 2 heterocycles. The molecule has 1 aromatic rings. The second kappa shape index (κ2) is 3.72. The molecule has 2 atom stereocenters. The first-order chi connectivity index (χ1) is 7.36. The van der Waals surface area contributed by atoms with Gasteiger partial charge in [0.2, 0.25) is 0 Å². The Hall–Kier alpha value is -0.670. The van der Waals surface area contributed by atoms with Gasteiger partial charge in [-0.15, -0.1) is 0 Å². The Balaban J connectivity index is 1.86. The molecule has 0 aliphatic carbocycles. The summed E-state index contributed by atoms with van der Waals surface area (Å²) in [5, 5.41) is 0.872. The Kier molecular flexibility index (Phi) is 2.37. The summed E-state index contributed by atoms with van der Waals surface area (Å²) in [5.74, 6) is 1.30. The summed E-state index contributed by atoms with van der Waals surface area (Å²) in [6.07, 6.45) is 1.37. The molecule has 0 radical (unpaired) electrons. The number of rotatable bonds is 2. The molecular weight excluding hydrogens is 204 g/mol. The van der Waals surface area contributed by atoms with Crippen molar-refractivity contribution in [1.82, 2.24) is 0 Å². The van der Waals surface area contributed by atoms with Crippen molar-refractivity contribution in [2.45, 2.75) is 24.3 Å². The van der Waals surface area contributed by atoms with Gasteiger partial charge < -0.3 is 10.6 Å². The molecule has 0 amide bonds. The highest BCUT2D eigenvalue weighted by atomic mass is 32.2. The Bertz CT molecular complexity index is 366. The van der Waals surface area contributed by atoms with Crippen LogP contribution in [0.15, 0.2) is 24.3 Å². The van der Waals surface area contributed by atoms with Crippen LogP contribution >= 0.6 is 11.8 Å². The monoisotopic (exact) mass is 220 g/mol. The summed E-state index contributed by atoms with van der Waals surface area (Å²) in [4.78, 5) is 2.56. The maximum Gasteiger partial charge on any atom is 0.0392 e. The van der Waals surface area contributed by atoms with E-state index in [9.17, 15) is 0 Å². The average molecular weight is 220 g/mol. The molecular formula is C12H16N2S. The third-order valence-electron chi connectivity index (χ3n) is 3.38. The molecule has 2 bridgehead atoms. The molecule has 2 N–H and O–H groups in total. The van der Waals surface area contributed by atoms with Gasteiger partial charge in [0.05, 0.1) is 0 Å². The molecule has 1 aromatic carbocycles. The van der Waals surface area contributed by atoms with E-state index in [1.807, 2.05) is 0 Å². The summed E-state index contributed by atoms with van der Waals surface area (Å²) in [7, 11) is 0. The largest absolute Gasteiger partial charge is 0.367 e. The molecule has 0 aromatic heterocycles. The number of benzene rings is 1. The van der Waals surface area contributed by atoms with Crippen LogP contribution in [-0.2, 0) is 6.54 Å². The number of hydrogen-bond acceptors (Lipinski definition) is 3. The van der Waals surface area contributed by atoms with Crippen LogP contribution in [0.25, 0.3) is 0 Å². The van der Waals surface area contributed by atoms with Crippen molar-refractivity contribution in [3.8, 4) is 0 Å². The van der Waals surface area contributed by atoms with E-state index in [-0.39, 0.29) is 0 Å². The van der Waals surface area contributed by atoms with Gasteiger partial charge in [0, 0.05) is 35.8 Å². The van der Waals surface area contributed by atoms with Crippen molar-refractivity contribution in [1.29, 1.82) is 0 Å². The molecule has 0 saturated carbocycles. The van der Waals surface area contributed by atoms with Crippen molar-refractivity contribution in [2.24, 2.45) is 5.73 Å². The Morgan fingerprint density at radius 1 is 1.47 bits per heavy atom. The number of thioether (sulfide) groups is 1. The van der Waals surface area contributed by atoms with Gasteiger partial charge in [-0.05, 0) is 24.1 Å². The van der Waals surface area contributed by atoms with E-state index >= 15 is 0 Å². The highest BCUT2D eigenvalue weighted by molar-refractivity contribution is 8.00. The maximum absolute atomic E-state index is 5.67. The lowest BCUT2D eigenvalue weighted by molar-refractivity contribution is 0.762. The number of anilines is 1. The van der Waals surface area contributed by atoms with E-state index in [0.29, 0.717) is 6.54 Å². The summed E-state index contributed by atoms with van der Waals surface area (Å²) in [5.41, 5.74) is 8.28. The normalized spacial score (nSPS) is 28.7. The quantitative estimate of drug-likeness (QED) is 0.824. The zero-order valence-corrected chi connectivity index (χ0v) is 9.54. The van der Waals surface area contributed by atoms with Crippen molar-refractivity contribution in [3.63, 3.8) is 0 Å². The predicted molar refractivity (Wildman–Crippen MR) is 66.3 cm³/mol. The molecule has 2 aliphatic heterocycles.